The minimum atomic E-state index is -0.242. The van der Waals surface area contributed by atoms with Crippen molar-refractivity contribution >= 4 is 11.4 Å². The van der Waals surface area contributed by atoms with Gasteiger partial charge in [-0.1, -0.05) is 18.2 Å². The molecule has 0 radical (unpaired) electrons. The van der Waals surface area contributed by atoms with Crippen molar-refractivity contribution in [2.45, 2.75) is 12.5 Å². The summed E-state index contributed by atoms with van der Waals surface area (Å²) in [5.41, 5.74) is 1.61. The number of hydrogen-bond acceptors (Lipinski definition) is 2. The molecule has 0 saturated carbocycles. The molecule has 1 aliphatic rings. The smallest absolute Gasteiger partial charge is 0.209 e. The van der Waals surface area contributed by atoms with Gasteiger partial charge in [0.1, 0.15) is 0 Å². The fourth-order valence-electron chi connectivity index (χ4n) is 1.79. The lowest BCUT2D eigenvalue weighted by Gasteiger charge is -2.19. The van der Waals surface area contributed by atoms with E-state index in [0.717, 1.165) is 18.7 Å². The van der Waals surface area contributed by atoms with E-state index in [1.54, 1.807) is 0 Å². The van der Waals surface area contributed by atoms with Gasteiger partial charge in [0.25, 0.3) is 0 Å². The number of benzene rings is 1. The summed E-state index contributed by atoms with van der Waals surface area (Å²) in [4.78, 5) is 5.53. The van der Waals surface area contributed by atoms with Gasteiger partial charge < -0.3 is 10.0 Å². The van der Waals surface area contributed by atoms with E-state index in [1.807, 2.05) is 24.3 Å². The average molecular weight is 188 g/mol. The van der Waals surface area contributed by atoms with Crippen molar-refractivity contribution in [3.8, 4) is 0 Å². The fourth-order valence-corrected chi connectivity index (χ4v) is 1.79. The highest BCUT2D eigenvalue weighted by Gasteiger charge is 2.21. The molecule has 3 nitrogen and oxygen atoms in total. The Bertz CT molecular complexity index is 370. The molecule has 1 atom stereocenters. The fraction of sp³-hybridized carbons (Fsp3) is 0.364. The van der Waals surface area contributed by atoms with Gasteiger partial charge in [0.15, 0.2) is 0 Å². The molecule has 0 aromatic heterocycles. The van der Waals surface area contributed by atoms with Crippen molar-refractivity contribution in [1.82, 2.24) is 0 Å². The number of aliphatic hydroxyl groups excluding tert-OH is 1. The Hall–Kier alpha value is -1.53. The Morgan fingerprint density at radius 2 is 2.21 bits per heavy atom. The first kappa shape index (κ1) is 9.04. The summed E-state index contributed by atoms with van der Waals surface area (Å²) in [6.45, 7) is 8.52. The van der Waals surface area contributed by atoms with Crippen LogP contribution in [0.1, 0.15) is 6.42 Å². The summed E-state index contributed by atoms with van der Waals surface area (Å²) in [5.74, 6) is 0. The van der Waals surface area contributed by atoms with Gasteiger partial charge in [-0.2, -0.15) is 0 Å². The minimum Gasteiger partial charge on any atom is -0.391 e. The maximum absolute atomic E-state index is 9.41. The molecule has 1 fully saturated rings. The second kappa shape index (κ2) is 3.69. The lowest BCUT2D eigenvalue weighted by Crippen LogP contribution is -2.20. The molecule has 0 unspecified atom stereocenters. The third kappa shape index (κ3) is 1.57. The Morgan fingerprint density at radius 1 is 1.43 bits per heavy atom. The first-order valence-electron chi connectivity index (χ1n) is 4.71. The molecular formula is C11H12N2O. The van der Waals surface area contributed by atoms with Crippen LogP contribution in [0.25, 0.3) is 4.85 Å². The molecule has 14 heavy (non-hydrogen) atoms. The Morgan fingerprint density at radius 3 is 2.86 bits per heavy atom. The van der Waals surface area contributed by atoms with Crippen molar-refractivity contribution in [2.75, 3.05) is 18.0 Å². The van der Waals surface area contributed by atoms with Gasteiger partial charge in [0.05, 0.1) is 12.7 Å². The number of nitrogens with zero attached hydrogens (tertiary/aromatic N) is 2. The standard InChI is InChI=1S/C11H12N2O/c1-12-10-4-2-3-5-11(10)13-7-6-9(14)8-13/h2-5,9,14H,6-8H2/t9-/m1/s1. The van der Waals surface area contributed by atoms with Crippen LogP contribution >= 0.6 is 0 Å². The second-order valence-corrected chi connectivity index (χ2v) is 3.49. The van der Waals surface area contributed by atoms with Crippen LogP contribution in [-0.4, -0.2) is 24.3 Å². The number of para-hydroxylation sites is 2. The van der Waals surface area contributed by atoms with E-state index in [-0.39, 0.29) is 6.10 Å². The molecule has 1 saturated heterocycles. The van der Waals surface area contributed by atoms with Gasteiger partial charge in [-0.3, -0.25) is 0 Å². The predicted molar refractivity (Wildman–Crippen MR) is 55.5 cm³/mol. The molecule has 0 spiro atoms. The summed E-state index contributed by atoms with van der Waals surface area (Å²) in [7, 11) is 0. The molecule has 72 valence electrons. The van der Waals surface area contributed by atoms with E-state index in [2.05, 4.69) is 9.74 Å². The van der Waals surface area contributed by atoms with Crippen LogP contribution < -0.4 is 4.90 Å². The molecule has 1 aromatic carbocycles. The van der Waals surface area contributed by atoms with Crippen LogP contribution in [0.3, 0.4) is 0 Å². The predicted octanol–water partition coefficient (Wildman–Crippen LogP) is 1.81. The van der Waals surface area contributed by atoms with E-state index >= 15 is 0 Å². The number of hydrogen-bond donors (Lipinski definition) is 1. The van der Waals surface area contributed by atoms with E-state index in [9.17, 15) is 5.11 Å². The first-order valence-corrected chi connectivity index (χ1v) is 4.71. The summed E-state index contributed by atoms with van der Waals surface area (Å²) in [6, 6.07) is 7.54. The largest absolute Gasteiger partial charge is 0.391 e. The van der Waals surface area contributed by atoms with Crippen molar-refractivity contribution in [3.05, 3.63) is 35.7 Å². The molecule has 3 heteroatoms. The van der Waals surface area contributed by atoms with Gasteiger partial charge in [0.2, 0.25) is 5.69 Å². The van der Waals surface area contributed by atoms with Gasteiger partial charge in [-0.25, -0.2) is 4.85 Å². The quantitative estimate of drug-likeness (QED) is 0.681. The van der Waals surface area contributed by atoms with Crippen LogP contribution in [0.2, 0.25) is 0 Å². The summed E-state index contributed by atoms with van der Waals surface area (Å²) in [6.07, 6.45) is 0.556. The zero-order chi connectivity index (χ0) is 9.97. The molecule has 1 N–H and O–H groups in total. The number of anilines is 1. The highest BCUT2D eigenvalue weighted by Crippen LogP contribution is 2.30. The van der Waals surface area contributed by atoms with Gasteiger partial charge in [0, 0.05) is 18.8 Å². The molecule has 0 bridgehead atoms. The van der Waals surface area contributed by atoms with E-state index in [0.29, 0.717) is 12.2 Å². The molecule has 0 aliphatic carbocycles. The molecular weight excluding hydrogens is 176 g/mol. The van der Waals surface area contributed by atoms with Crippen molar-refractivity contribution < 1.29 is 5.11 Å². The minimum absolute atomic E-state index is 0.242. The highest BCUT2D eigenvalue weighted by molar-refractivity contribution is 5.71. The summed E-state index contributed by atoms with van der Waals surface area (Å²) in [5, 5.41) is 9.41. The third-order valence-electron chi connectivity index (χ3n) is 2.51. The van der Waals surface area contributed by atoms with Gasteiger partial charge in [-0.05, 0) is 12.5 Å². The lowest BCUT2D eigenvalue weighted by molar-refractivity contribution is 0.198. The van der Waals surface area contributed by atoms with Crippen LogP contribution in [0.15, 0.2) is 24.3 Å². The van der Waals surface area contributed by atoms with E-state index in [4.69, 9.17) is 6.57 Å². The van der Waals surface area contributed by atoms with Crippen LogP contribution in [0.5, 0.6) is 0 Å². The van der Waals surface area contributed by atoms with Crippen LogP contribution in [0.4, 0.5) is 11.4 Å². The first-order chi connectivity index (χ1) is 6.81. The zero-order valence-corrected chi connectivity index (χ0v) is 7.85. The lowest BCUT2D eigenvalue weighted by atomic mass is 10.2. The normalized spacial score (nSPS) is 20.9. The maximum atomic E-state index is 9.41. The molecule has 0 amide bonds. The van der Waals surface area contributed by atoms with Crippen LogP contribution in [-0.2, 0) is 0 Å². The second-order valence-electron chi connectivity index (χ2n) is 3.49. The number of aliphatic hydroxyl groups is 1. The Balaban J connectivity index is 2.28. The SMILES string of the molecule is [C-]#[N+]c1ccccc1N1CC[C@@H](O)C1. The molecule has 1 aliphatic heterocycles. The molecule has 2 rings (SSSR count). The Labute approximate surface area is 83.4 Å². The van der Waals surface area contributed by atoms with Crippen LogP contribution in [0, 0.1) is 6.57 Å². The van der Waals surface area contributed by atoms with Gasteiger partial charge >= 0.3 is 0 Å². The van der Waals surface area contributed by atoms with Crippen molar-refractivity contribution in [1.29, 1.82) is 0 Å². The maximum Gasteiger partial charge on any atom is 0.209 e. The van der Waals surface area contributed by atoms with Crippen molar-refractivity contribution in [3.63, 3.8) is 0 Å². The van der Waals surface area contributed by atoms with E-state index in [1.165, 1.54) is 0 Å². The Kier molecular flexibility index (Phi) is 2.38. The van der Waals surface area contributed by atoms with Gasteiger partial charge in [-0.15, -0.1) is 0 Å². The average Bonchev–Trinajstić information content (AvgIpc) is 2.65. The number of rotatable bonds is 1. The monoisotopic (exact) mass is 188 g/mol. The summed E-state index contributed by atoms with van der Waals surface area (Å²) < 4.78 is 0. The van der Waals surface area contributed by atoms with Crippen molar-refractivity contribution in [2.24, 2.45) is 0 Å². The number of β-amino-alcohol motifs (C(OH)–C–C–N with tert-alkyl or cyclic N) is 1. The zero-order valence-electron chi connectivity index (χ0n) is 7.85. The topological polar surface area (TPSA) is 27.8 Å². The molecule has 1 heterocycles. The third-order valence-corrected chi connectivity index (χ3v) is 2.51. The summed E-state index contributed by atoms with van der Waals surface area (Å²) >= 11 is 0. The molecule has 1 aromatic rings. The highest BCUT2D eigenvalue weighted by atomic mass is 16.3. The van der Waals surface area contributed by atoms with E-state index < -0.39 is 0 Å².